The molecule has 0 amide bonds. The molecular formula is C24H24N2O2. The number of ether oxygens (including phenoxy) is 1. The Morgan fingerprint density at radius 1 is 1.14 bits per heavy atom. The van der Waals surface area contributed by atoms with Crippen molar-refractivity contribution in [2.24, 2.45) is 10.9 Å². The highest BCUT2D eigenvalue weighted by Gasteiger charge is 2.32. The summed E-state index contributed by atoms with van der Waals surface area (Å²) in [6, 6.07) is 12.1. The fraction of sp³-hybridized carbons (Fsp3) is 0.333. The van der Waals surface area contributed by atoms with E-state index in [0.29, 0.717) is 23.8 Å². The third-order valence-corrected chi connectivity index (χ3v) is 6.11. The van der Waals surface area contributed by atoms with Gasteiger partial charge >= 0.3 is 0 Å². The van der Waals surface area contributed by atoms with Crippen LogP contribution in [0.5, 0.6) is 5.75 Å². The van der Waals surface area contributed by atoms with E-state index in [4.69, 9.17) is 4.74 Å². The predicted octanol–water partition coefficient (Wildman–Crippen LogP) is 4.00. The Bertz CT molecular complexity index is 1010. The van der Waals surface area contributed by atoms with Crippen LogP contribution in [-0.2, 0) is 13.0 Å². The molecule has 0 saturated carbocycles. The second kappa shape index (κ2) is 7.02. The van der Waals surface area contributed by atoms with Crippen LogP contribution in [0.4, 0.5) is 0 Å². The van der Waals surface area contributed by atoms with Crippen LogP contribution in [0.1, 0.15) is 45.5 Å². The minimum absolute atomic E-state index is 0.0337. The number of carbonyl (C=O) groups is 1. The van der Waals surface area contributed by atoms with Gasteiger partial charge in [-0.1, -0.05) is 30.3 Å². The van der Waals surface area contributed by atoms with Gasteiger partial charge in [0.15, 0.2) is 5.76 Å². The summed E-state index contributed by atoms with van der Waals surface area (Å²) in [5.41, 5.74) is 6.20. The summed E-state index contributed by atoms with van der Waals surface area (Å²) in [4.78, 5) is 17.6. The van der Waals surface area contributed by atoms with Crippen molar-refractivity contribution in [2.75, 3.05) is 13.1 Å². The number of rotatable bonds is 3. The molecule has 142 valence electrons. The molecule has 0 aromatic heterocycles. The van der Waals surface area contributed by atoms with Crippen molar-refractivity contribution in [1.29, 1.82) is 0 Å². The number of benzene rings is 2. The van der Waals surface area contributed by atoms with E-state index >= 15 is 0 Å². The Balaban J connectivity index is 1.46. The largest absolute Gasteiger partial charge is 0.452 e. The number of nitrogens with zero attached hydrogens (tertiary/aromatic N) is 1. The highest BCUT2D eigenvalue weighted by atomic mass is 16.5. The van der Waals surface area contributed by atoms with Crippen molar-refractivity contribution in [3.05, 3.63) is 76.1 Å². The summed E-state index contributed by atoms with van der Waals surface area (Å²) < 4.78 is 6.16. The molecule has 0 spiro atoms. The van der Waals surface area contributed by atoms with Gasteiger partial charge in [0.1, 0.15) is 5.75 Å². The predicted molar refractivity (Wildman–Crippen MR) is 110 cm³/mol. The van der Waals surface area contributed by atoms with E-state index in [1.807, 2.05) is 24.3 Å². The molecule has 2 aromatic rings. The maximum absolute atomic E-state index is 13.0. The lowest BCUT2D eigenvalue weighted by Crippen LogP contribution is -2.28. The summed E-state index contributed by atoms with van der Waals surface area (Å²) in [6.07, 6.45) is 5.14. The number of hydrogen-bond donors (Lipinski definition) is 1. The van der Waals surface area contributed by atoms with E-state index in [1.165, 1.54) is 29.5 Å². The maximum Gasteiger partial charge on any atom is 0.232 e. The second-order valence-corrected chi connectivity index (χ2v) is 7.93. The highest BCUT2D eigenvalue weighted by molar-refractivity contribution is 6.19. The number of carbonyl (C=O) groups excluding carboxylic acids is 1. The van der Waals surface area contributed by atoms with E-state index in [2.05, 4.69) is 35.4 Å². The quantitative estimate of drug-likeness (QED) is 0.829. The van der Waals surface area contributed by atoms with E-state index in [1.54, 1.807) is 0 Å². The van der Waals surface area contributed by atoms with Gasteiger partial charge in [0.25, 0.3) is 0 Å². The number of aliphatic imine (C=N–C) groups is 1. The average Bonchev–Trinajstić information content (AvgIpc) is 3.27. The number of allylic oxidation sites excluding steroid dienone is 2. The fourth-order valence-electron chi connectivity index (χ4n) is 4.45. The molecule has 28 heavy (non-hydrogen) atoms. The van der Waals surface area contributed by atoms with Crippen LogP contribution >= 0.6 is 0 Å². The Labute approximate surface area is 165 Å². The summed E-state index contributed by atoms with van der Waals surface area (Å²) in [6.45, 7) is 4.92. The Hall–Kier alpha value is -2.72. The molecule has 3 aliphatic rings. The number of hydrogen-bond acceptors (Lipinski definition) is 4. The van der Waals surface area contributed by atoms with Crippen molar-refractivity contribution in [3.8, 4) is 5.75 Å². The first-order valence-corrected chi connectivity index (χ1v) is 10.1. The van der Waals surface area contributed by atoms with Crippen LogP contribution in [-0.4, -0.2) is 24.6 Å². The van der Waals surface area contributed by atoms with E-state index in [0.717, 1.165) is 36.5 Å². The number of ketones is 1. The monoisotopic (exact) mass is 372 g/mol. The van der Waals surface area contributed by atoms with Crippen LogP contribution in [0.2, 0.25) is 0 Å². The molecular weight excluding hydrogens is 348 g/mol. The van der Waals surface area contributed by atoms with Gasteiger partial charge in [-0.3, -0.25) is 9.79 Å². The molecule has 0 radical (unpaired) electrons. The molecule has 1 N–H and O–H groups in total. The van der Waals surface area contributed by atoms with Crippen LogP contribution in [0, 0.1) is 12.8 Å². The first-order valence-electron chi connectivity index (χ1n) is 10.1. The SMILES string of the molecule is Cc1ccc2c(c1CC1CCNCC1)O/C(=C\C1=NCc3ccccc31)C2=O. The lowest BCUT2D eigenvalue weighted by Gasteiger charge is -2.24. The standard InChI is InChI=1S/C24H24N2O2/c1-15-6-7-19-23(27)22(13-21-18-5-3-2-4-17(18)14-26-21)28-24(19)20(15)12-16-8-10-25-11-9-16/h2-7,13,16,25H,8-12,14H2,1H3/b22-13-. The van der Waals surface area contributed by atoms with Crippen molar-refractivity contribution >= 4 is 11.5 Å². The number of nitrogens with one attached hydrogen (secondary N) is 1. The third-order valence-electron chi connectivity index (χ3n) is 6.11. The van der Waals surface area contributed by atoms with Crippen molar-refractivity contribution in [2.45, 2.75) is 32.7 Å². The maximum atomic E-state index is 13.0. The Morgan fingerprint density at radius 2 is 1.96 bits per heavy atom. The molecule has 0 unspecified atom stereocenters. The smallest absolute Gasteiger partial charge is 0.232 e. The zero-order valence-corrected chi connectivity index (χ0v) is 16.1. The lowest BCUT2D eigenvalue weighted by atomic mass is 9.88. The Kier molecular flexibility index (Phi) is 4.36. The van der Waals surface area contributed by atoms with Gasteiger partial charge in [-0.05, 0) is 68.0 Å². The lowest BCUT2D eigenvalue weighted by molar-refractivity contribution is 0.101. The van der Waals surface area contributed by atoms with Crippen LogP contribution in [0.3, 0.4) is 0 Å². The second-order valence-electron chi connectivity index (χ2n) is 7.93. The highest BCUT2D eigenvalue weighted by Crippen LogP contribution is 2.38. The van der Waals surface area contributed by atoms with E-state index < -0.39 is 0 Å². The first kappa shape index (κ1) is 17.4. The minimum Gasteiger partial charge on any atom is -0.452 e. The van der Waals surface area contributed by atoms with Gasteiger partial charge in [-0.15, -0.1) is 0 Å². The zero-order valence-electron chi connectivity index (χ0n) is 16.1. The van der Waals surface area contributed by atoms with Crippen molar-refractivity contribution in [1.82, 2.24) is 5.32 Å². The number of Topliss-reactive ketones (excluding diaryl/α,β-unsaturated/α-hetero) is 1. The van der Waals surface area contributed by atoms with Gasteiger partial charge < -0.3 is 10.1 Å². The van der Waals surface area contributed by atoms with E-state index in [9.17, 15) is 4.79 Å². The average molecular weight is 372 g/mol. The molecule has 4 nitrogen and oxygen atoms in total. The molecule has 3 heterocycles. The zero-order chi connectivity index (χ0) is 19.1. The summed E-state index contributed by atoms with van der Waals surface area (Å²) in [5.74, 6) is 1.77. The fourth-order valence-corrected chi connectivity index (χ4v) is 4.45. The molecule has 0 atom stereocenters. The minimum atomic E-state index is -0.0337. The van der Waals surface area contributed by atoms with Gasteiger partial charge in [0, 0.05) is 11.6 Å². The van der Waals surface area contributed by atoms with Crippen LogP contribution in [0.25, 0.3) is 0 Å². The molecule has 1 fully saturated rings. The molecule has 0 bridgehead atoms. The van der Waals surface area contributed by atoms with Gasteiger partial charge in [-0.25, -0.2) is 0 Å². The topological polar surface area (TPSA) is 50.7 Å². The van der Waals surface area contributed by atoms with Crippen molar-refractivity contribution in [3.63, 3.8) is 0 Å². The number of aryl methyl sites for hydroxylation is 1. The molecule has 5 rings (SSSR count). The molecule has 4 heteroatoms. The molecule has 2 aromatic carbocycles. The Morgan fingerprint density at radius 3 is 2.82 bits per heavy atom. The molecule has 0 aliphatic carbocycles. The molecule has 3 aliphatic heterocycles. The first-order chi connectivity index (χ1) is 13.7. The normalized spacial score (nSPS) is 20.1. The molecule has 1 saturated heterocycles. The van der Waals surface area contributed by atoms with Gasteiger partial charge in [0.05, 0.1) is 17.8 Å². The third kappa shape index (κ3) is 2.98. The number of piperidine rings is 1. The van der Waals surface area contributed by atoms with Crippen molar-refractivity contribution < 1.29 is 9.53 Å². The van der Waals surface area contributed by atoms with Crippen LogP contribution in [0.15, 0.2) is 53.2 Å². The summed E-state index contributed by atoms with van der Waals surface area (Å²) in [7, 11) is 0. The number of fused-ring (bicyclic) bond motifs is 2. The van der Waals surface area contributed by atoms with Crippen LogP contribution < -0.4 is 10.1 Å². The van der Waals surface area contributed by atoms with E-state index in [-0.39, 0.29) is 5.78 Å². The summed E-state index contributed by atoms with van der Waals surface area (Å²) in [5, 5.41) is 3.42. The van der Waals surface area contributed by atoms with Gasteiger partial charge in [-0.2, -0.15) is 0 Å². The summed E-state index contributed by atoms with van der Waals surface area (Å²) >= 11 is 0. The van der Waals surface area contributed by atoms with Gasteiger partial charge in [0.2, 0.25) is 5.78 Å².